The minimum absolute atomic E-state index is 0.0927. The smallest absolute Gasteiger partial charge is 0.408 e. The fourth-order valence-electron chi connectivity index (χ4n) is 4.89. The summed E-state index contributed by atoms with van der Waals surface area (Å²) in [6.45, 7) is 15.0. The van der Waals surface area contributed by atoms with Crippen LogP contribution in [-0.2, 0) is 20.7 Å². The molecule has 0 saturated carbocycles. The lowest BCUT2D eigenvalue weighted by molar-refractivity contribution is -0.140. The maximum absolute atomic E-state index is 14.4. The molecule has 0 fully saturated rings. The van der Waals surface area contributed by atoms with E-state index in [-0.39, 0.29) is 24.6 Å². The van der Waals surface area contributed by atoms with Crippen LogP contribution in [0.3, 0.4) is 0 Å². The summed E-state index contributed by atoms with van der Waals surface area (Å²) in [6.07, 6.45) is -0.605. The Bertz CT molecular complexity index is 1410. The summed E-state index contributed by atoms with van der Waals surface area (Å²) < 4.78 is 5.48. The van der Waals surface area contributed by atoms with Crippen LogP contribution >= 0.6 is 0 Å². The lowest BCUT2D eigenvalue weighted by atomic mass is 9.95. The first-order valence-electron chi connectivity index (χ1n) is 14.2. The highest BCUT2D eigenvalue weighted by atomic mass is 16.6. The first-order valence-corrected chi connectivity index (χ1v) is 14.2. The van der Waals surface area contributed by atoms with Gasteiger partial charge in [0, 0.05) is 18.7 Å². The van der Waals surface area contributed by atoms with Crippen LogP contribution < -0.4 is 10.6 Å². The molecule has 2 atom stereocenters. The Morgan fingerprint density at radius 2 is 1.52 bits per heavy atom. The van der Waals surface area contributed by atoms with Crippen molar-refractivity contribution in [2.75, 3.05) is 11.9 Å². The van der Waals surface area contributed by atoms with Crippen molar-refractivity contribution in [3.63, 3.8) is 0 Å². The molecule has 0 saturated heterocycles. The van der Waals surface area contributed by atoms with Crippen LogP contribution in [0.2, 0.25) is 0 Å². The number of carbonyl (C=O) groups excluding carboxylic acids is 3. The number of anilines is 1. The summed E-state index contributed by atoms with van der Waals surface area (Å²) in [5, 5.41) is 15.6. The maximum Gasteiger partial charge on any atom is 0.408 e. The van der Waals surface area contributed by atoms with Crippen LogP contribution in [0.5, 0.6) is 5.75 Å². The molecule has 0 aliphatic carbocycles. The number of nitrogens with one attached hydrogen (secondary N) is 2. The van der Waals surface area contributed by atoms with E-state index >= 15 is 0 Å². The Morgan fingerprint density at radius 3 is 2.10 bits per heavy atom. The fourth-order valence-corrected chi connectivity index (χ4v) is 4.89. The highest BCUT2D eigenvalue weighted by molar-refractivity contribution is 6.00. The summed E-state index contributed by atoms with van der Waals surface area (Å²) >= 11 is 0. The number of carbonyl (C=O) groups is 3. The molecule has 0 radical (unpaired) electrons. The standard InChI is InChI=1S/C34H43N3O5/c1-9-37(32(40)28(35-33(41)42-34(6,7)8)20-25-15-17-26(38)18-16-25)30(27-19-21(2)13-14-22(27)3)31(39)36-29-23(4)11-10-12-24(29)5/h10-19,28,30,38H,9,20H2,1-8H3,(H,35,41)(H,36,39). The number of hydrogen-bond acceptors (Lipinski definition) is 5. The van der Waals surface area contributed by atoms with Crippen LogP contribution in [0.15, 0.2) is 60.7 Å². The van der Waals surface area contributed by atoms with Crippen LogP contribution in [0.4, 0.5) is 10.5 Å². The number of phenolic OH excluding ortho intramolecular Hbond substituents is 1. The van der Waals surface area contributed by atoms with Gasteiger partial charge in [0.15, 0.2) is 0 Å². The minimum Gasteiger partial charge on any atom is -0.508 e. The number of likely N-dealkylation sites (N-methyl/N-ethyl adjacent to an activating group) is 1. The molecular weight excluding hydrogens is 530 g/mol. The number of nitrogens with zero attached hydrogens (tertiary/aromatic N) is 1. The Balaban J connectivity index is 2.08. The molecule has 0 bridgehead atoms. The lowest BCUT2D eigenvalue weighted by Gasteiger charge is -2.34. The van der Waals surface area contributed by atoms with E-state index in [4.69, 9.17) is 4.74 Å². The number of ether oxygens (including phenoxy) is 1. The molecule has 0 spiro atoms. The van der Waals surface area contributed by atoms with Gasteiger partial charge in [-0.3, -0.25) is 9.59 Å². The molecule has 224 valence electrons. The number of amides is 3. The zero-order valence-corrected chi connectivity index (χ0v) is 25.9. The average molecular weight is 574 g/mol. The molecule has 3 amide bonds. The lowest BCUT2D eigenvalue weighted by Crippen LogP contribution is -2.53. The highest BCUT2D eigenvalue weighted by Crippen LogP contribution is 2.30. The summed E-state index contributed by atoms with van der Waals surface area (Å²) in [6, 6.07) is 16.1. The second-order valence-corrected chi connectivity index (χ2v) is 11.7. The molecule has 0 aromatic heterocycles. The Kier molecular flexibility index (Phi) is 10.4. The first kappa shape index (κ1) is 32.2. The number of phenols is 1. The summed E-state index contributed by atoms with van der Waals surface area (Å²) in [5.74, 6) is -0.689. The van der Waals surface area contributed by atoms with Gasteiger partial charge in [0.05, 0.1) is 0 Å². The number of benzene rings is 3. The van der Waals surface area contributed by atoms with Crippen molar-refractivity contribution in [1.29, 1.82) is 0 Å². The van der Waals surface area contributed by atoms with Gasteiger partial charge in [0.1, 0.15) is 23.4 Å². The van der Waals surface area contributed by atoms with Crippen LogP contribution in [-0.4, -0.2) is 46.1 Å². The highest BCUT2D eigenvalue weighted by Gasteiger charge is 2.36. The summed E-state index contributed by atoms with van der Waals surface area (Å²) in [4.78, 5) is 42.9. The van der Waals surface area contributed by atoms with Gasteiger partial charge in [-0.25, -0.2) is 4.79 Å². The second-order valence-electron chi connectivity index (χ2n) is 11.7. The van der Waals surface area contributed by atoms with Gasteiger partial charge in [0.2, 0.25) is 5.91 Å². The summed E-state index contributed by atoms with van der Waals surface area (Å²) in [7, 11) is 0. The van der Waals surface area contributed by atoms with Gasteiger partial charge in [-0.2, -0.15) is 0 Å². The van der Waals surface area contributed by atoms with Crippen molar-refractivity contribution in [3.05, 3.63) is 94.0 Å². The molecular formula is C34H43N3O5. The Labute approximate surface area is 249 Å². The summed E-state index contributed by atoms with van der Waals surface area (Å²) in [5.41, 5.74) is 5.00. The van der Waals surface area contributed by atoms with E-state index < -0.39 is 29.7 Å². The third kappa shape index (κ3) is 8.35. The molecule has 2 unspecified atom stereocenters. The van der Waals surface area contributed by atoms with Crippen molar-refractivity contribution in [2.24, 2.45) is 0 Å². The predicted molar refractivity (Wildman–Crippen MR) is 166 cm³/mol. The van der Waals surface area contributed by atoms with Crippen molar-refractivity contribution in [1.82, 2.24) is 10.2 Å². The fraction of sp³-hybridized carbons (Fsp3) is 0.382. The van der Waals surface area contributed by atoms with Gasteiger partial charge >= 0.3 is 6.09 Å². The molecule has 42 heavy (non-hydrogen) atoms. The molecule has 3 rings (SSSR count). The predicted octanol–water partition coefficient (Wildman–Crippen LogP) is 6.29. The van der Waals surface area contributed by atoms with Gasteiger partial charge in [-0.1, -0.05) is 54.1 Å². The van der Waals surface area contributed by atoms with Crippen LogP contribution in [0.1, 0.15) is 67.1 Å². The minimum atomic E-state index is -1.04. The number of alkyl carbamates (subject to hydrolysis) is 1. The molecule has 0 aliphatic rings. The molecule has 8 heteroatoms. The number of rotatable bonds is 9. The van der Waals surface area contributed by atoms with Crippen molar-refractivity contribution in [3.8, 4) is 5.75 Å². The van der Waals surface area contributed by atoms with E-state index in [1.54, 1.807) is 32.9 Å². The van der Waals surface area contributed by atoms with Crippen LogP contribution in [0, 0.1) is 27.7 Å². The monoisotopic (exact) mass is 573 g/mol. The number of aromatic hydroxyl groups is 1. The average Bonchev–Trinajstić information content (AvgIpc) is 2.90. The molecule has 3 aromatic rings. The zero-order chi connectivity index (χ0) is 31.2. The quantitative estimate of drug-likeness (QED) is 0.279. The second kappa shape index (κ2) is 13.6. The van der Waals surface area contributed by atoms with E-state index in [2.05, 4.69) is 10.6 Å². The molecule has 0 aliphatic heterocycles. The van der Waals surface area contributed by atoms with Crippen molar-refractivity contribution >= 4 is 23.6 Å². The number of para-hydroxylation sites is 1. The van der Waals surface area contributed by atoms with Crippen molar-refractivity contribution in [2.45, 2.75) is 79.5 Å². The van der Waals surface area contributed by atoms with Gasteiger partial charge < -0.3 is 25.4 Å². The molecule has 3 aromatic carbocycles. The number of hydrogen-bond donors (Lipinski definition) is 3. The third-order valence-electron chi connectivity index (χ3n) is 7.01. The van der Waals surface area contributed by atoms with E-state index in [0.29, 0.717) is 11.3 Å². The van der Waals surface area contributed by atoms with Crippen LogP contribution in [0.25, 0.3) is 0 Å². The van der Waals surface area contributed by atoms with Gasteiger partial charge in [0.25, 0.3) is 5.91 Å². The largest absolute Gasteiger partial charge is 0.508 e. The molecule has 0 heterocycles. The van der Waals surface area contributed by atoms with Crippen molar-refractivity contribution < 1.29 is 24.2 Å². The normalized spacial score (nSPS) is 12.7. The van der Waals surface area contributed by atoms with Gasteiger partial charge in [-0.15, -0.1) is 0 Å². The topological polar surface area (TPSA) is 108 Å². The van der Waals surface area contributed by atoms with E-state index in [9.17, 15) is 19.5 Å². The van der Waals surface area contributed by atoms with E-state index in [0.717, 1.165) is 27.8 Å². The number of aryl methyl sites for hydroxylation is 4. The maximum atomic E-state index is 14.4. The third-order valence-corrected chi connectivity index (χ3v) is 7.01. The van der Waals surface area contributed by atoms with E-state index in [1.807, 2.05) is 71.0 Å². The Hall–Kier alpha value is -4.33. The van der Waals surface area contributed by atoms with E-state index in [1.165, 1.54) is 17.0 Å². The zero-order valence-electron chi connectivity index (χ0n) is 25.9. The Morgan fingerprint density at radius 1 is 0.905 bits per heavy atom. The molecule has 8 nitrogen and oxygen atoms in total. The first-order chi connectivity index (χ1) is 19.7. The van der Waals surface area contributed by atoms with Gasteiger partial charge in [-0.05, 0) is 95.3 Å². The molecule has 3 N–H and O–H groups in total. The SMILES string of the molecule is CCN(C(=O)C(Cc1ccc(O)cc1)NC(=O)OC(C)(C)C)C(C(=O)Nc1c(C)cccc1C)c1cc(C)ccc1C.